The standard InChI is InChI=1S/C19H23ClN4O2/c1-19(2,3)26-18(25)24-10-9-15-13(5-4-6-14(15)12-24)11-21-17-8-7-16(20)22-23-17/h4-8H,9-12H2,1-3H3,(H,21,23). The fourth-order valence-electron chi connectivity index (χ4n) is 2.93. The van der Waals surface area contributed by atoms with Crippen molar-refractivity contribution in [2.75, 3.05) is 11.9 Å². The van der Waals surface area contributed by atoms with E-state index in [1.54, 1.807) is 17.0 Å². The van der Waals surface area contributed by atoms with Gasteiger partial charge in [0, 0.05) is 19.6 Å². The number of fused-ring (bicyclic) bond motifs is 1. The Morgan fingerprint density at radius 3 is 2.77 bits per heavy atom. The zero-order valence-electron chi connectivity index (χ0n) is 15.3. The van der Waals surface area contributed by atoms with Gasteiger partial charge in [-0.2, -0.15) is 0 Å². The van der Waals surface area contributed by atoms with Gasteiger partial charge in [0.05, 0.1) is 0 Å². The summed E-state index contributed by atoms with van der Waals surface area (Å²) >= 11 is 5.76. The molecule has 0 bridgehead atoms. The molecule has 0 atom stereocenters. The van der Waals surface area contributed by atoms with Crippen LogP contribution in [0.25, 0.3) is 0 Å². The lowest BCUT2D eigenvalue weighted by Crippen LogP contribution is -2.40. The quantitative estimate of drug-likeness (QED) is 0.878. The topological polar surface area (TPSA) is 67.3 Å². The van der Waals surface area contributed by atoms with E-state index in [2.05, 4.69) is 27.6 Å². The molecule has 0 fully saturated rings. The van der Waals surface area contributed by atoms with Crippen LogP contribution in [0.4, 0.5) is 10.6 Å². The first kappa shape index (κ1) is 18.5. The number of aromatic nitrogens is 2. The van der Waals surface area contributed by atoms with Crippen LogP contribution in [-0.4, -0.2) is 33.3 Å². The molecule has 1 amide bonds. The fraction of sp³-hybridized carbons (Fsp3) is 0.421. The zero-order chi connectivity index (χ0) is 18.7. The first-order chi connectivity index (χ1) is 12.3. The molecule has 1 aromatic carbocycles. The third-order valence-corrected chi connectivity index (χ3v) is 4.31. The molecule has 1 N–H and O–H groups in total. The molecule has 0 aliphatic carbocycles. The average molecular weight is 375 g/mol. The minimum atomic E-state index is -0.483. The number of carbonyl (C=O) groups is 1. The summed E-state index contributed by atoms with van der Waals surface area (Å²) in [7, 11) is 0. The first-order valence-corrected chi connectivity index (χ1v) is 9.00. The van der Waals surface area contributed by atoms with Crippen molar-refractivity contribution in [1.29, 1.82) is 0 Å². The predicted octanol–water partition coefficient (Wildman–Crippen LogP) is 4.04. The number of anilines is 1. The highest BCUT2D eigenvalue weighted by Gasteiger charge is 2.26. The van der Waals surface area contributed by atoms with Crippen molar-refractivity contribution < 1.29 is 9.53 Å². The van der Waals surface area contributed by atoms with E-state index in [0.29, 0.717) is 30.6 Å². The van der Waals surface area contributed by atoms with Crippen molar-refractivity contribution in [3.8, 4) is 0 Å². The van der Waals surface area contributed by atoms with Gasteiger partial charge in [-0.15, -0.1) is 10.2 Å². The number of ether oxygens (including phenoxy) is 1. The molecule has 1 aromatic heterocycles. The van der Waals surface area contributed by atoms with Crippen molar-refractivity contribution in [2.45, 2.75) is 45.9 Å². The number of benzene rings is 1. The molecule has 26 heavy (non-hydrogen) atoms. The number of halogens is 1. The lowest BCUT2D eigenvalue weighted by molar-refractivity contribution is 0.0223. The van der Waals surface area contributed by atoms with Crippen LogP contribution in [0.1, 0.15) is 37.5 Å². The van der Waals surface area contributed by atoms with E-state index >= 15 is 0 Å². The number of nitrogens with zero attached hydrogens (tertiary/aromatic N) is 3. The normalized spacial score (nSPS) is 13.9. The zero-order valence-corrected chi connectivity index (χ0v) is 16.0. The second-order valence-electron chi connectivity index (χ2n) is 7.30. The molecule has 2 aromatic rings. The number of hydrogen-bond acceptors (Lipinski definition) is 5. The van der Waals surface area contributed by atoms with E-state index in [9.17, 15) is 4.79 Å². The molecular weight excluding hydrogens is 352 g/mol. The number of amides is 1. The largest absolute Gasteiger partial charge is 0.444 e. The van der Waals surface area contributed by atoms with Gasteiger partial charge in [0.15, 0.2) is 5.15 Å². The van der Waals surface area contributed by atoms with Gasteiger partial charge in [0.2, 0.25) is 0 Å². The molecule has 0 saturated carbocycles. The molecule has 7 heteroatoms. The van der Waals surface area contributed by atoms with Crippen molar-refractivity contribution in [2.24, 2.45) is 0 Å². The molecule has 6 nitrogen and oxygen atoms in total. The summed E-state index contributed by atoms with van der Waals surface area (Å²) < 4.78 is 5.49. The van der Waals surface area contributed by atoms with Crippen molar-refractivity contribution in [1.82, 2.24) is 15.1 Å². The molecule has 0 radical (unpaired) electrons. The third-order valence-electron chi connectivity index (χ3n) is 4.11. The van der Waals surface area contributed by atoms with Crippen LogP contribution >= 0.6 is 11.6 Å². The Hall–Kier alpha value is -2.34. The molecule has 1 aliphatic rings. The van der Waals surface area contributed by atoms with E-state index in [0.717, 1.165) is 12.0 Å². The second kappa shape index (κ2) is 7.50. The Balaban J connectivity index is 1.68. The first-order valence-electron chi connectivity index (χ1n) is 8.62. The van der Waals surface area contributed by atoms with Gasteiger partial charge < -0.3 is 15.0 Å². The van der Waals surface area contributed by atoms with E-state index in [1.165, 1.54) is 11.1 Å². The Labute approximate surface area is 158 Å². The Bertz CT molecular complexity index is 787. The molecule has 138 valence electrons. The number of carbonyl (C=O) groups excluding carboxylic acids is 1. The molecule has 0 unspecified atom stereocenters. The second-order valence-corrected chi connectivity index (χ2v) is 7.69. The molecule has 0 spiro atoms. The van der Waals surface area contributed by atoms with Crippen LogP contribution < -0.4 is 5.32 Å². The van der Waals surface area contributed by atoms with Crippen LogP contribution in [0.15, 0.2) is 30.3 Å². The van der Waals surface area contributed by atoms with Crippen LogP contribution in [0.5, 0.6) is 0 Å². The molecular formula is C19H23ClN4O2. The summed E-state index contributed by atoms with van der Waals surface area (Å²) in [5, 5.41) is 11.5. The van der Waals surface area contributed by atoms with Gasteiger partial charge in [-0.1, -0.05) is 29.8 Å². The van der Waals surface area contributed by atoms with Gasteiger partial charge >= 0.3 is 6.09 Å². The minimum Gasteiger partial charge on any atom is -0.444 e. The van der Waals surface area contributed by atoms with Crippen LogP contribution in [-0.2, 0) is 24.2 Å². The average Bonchev–Trinajstić information content (AvgIpc) is 2.59. The summed E-state index contributed by atoms with van der Waals surface area (Å²) in [5.74, 6) is 0.679. The highest BCUT2D eigenvalue weighted by atomic mass is 35.5. The number of hydrogen-bond donors (Lipinski definition) is 1. The van der Waals surface area contributed by atoms with E-state index < -0.39 is 5.60 Å². The molecule has 2 heterocycles. The maximum Gasteiger partial charge on any atom is 0.410 e. The van der Waals surface area contributed by atoms with Gasteiger partial charge in [-0.25, -0.2) is 4.79 Å². The summed E-state index contributed by atoms with van der Waals surface area (Å²) in [4.78, 5) is 14.1. The number of nitrogens with one attached hydrogen (secondary N) is 1. The Morgan fingerprint density at radius 1 is 1.27 bits per heavy atom. The number of rotatable bonds is 3. The molecule has 1 aliphatic heterocycles. The van der Waals surface area contributed by atoms with Crippen LogP contribution in [0.3, 0.4) is 0 Å². The van der Waals surface area contributed by atoms with E-state index in [1.807, 2.05) is 26.8 Å². The van der Waals surface area contributed by atoms with Gasteiger partial charge in [-0.05, 0) is 56.0 Å². The highest BCUT2D eigenvalue weighted by Crippen LogP contribution is 2.24. The van der Waals surface area contributed by atoms with Crippen LogP contribution in [0.2, 0.25) is 5.15 Å². The smallest absolute Gasteiger partial charge is 0.410 e. The van der Waals surface area contributed by atoms with Gasteiger partial charge in [0.1, 0.15) is 11.4 Å². The molecule has 0 saturated heterocycles. The van der Waals surface area contributed by atoms with E-state index in [-0.39, 0.29) is 6.09 Å². The third kappa shape index (κ3) is 4.64. The maximum atomic E-state index is 12.3. The van der Waals surface area contributed by atoms with Crippen molar-refractivity contribution in [3.63, 3.8) is 0 Å². The Morgan fingerprint density at radius 2 is 2.08 bits per heavy atom. The monoisotopic (exact) mass is 374 g/mol. The lowest BCUT2D eigenvalue weighted by Gasteiger charge is -2.32. The van der Waals surface area contributed by atoms with Crippen molar-refractivity contribution >= 4 is 23.5 Å². The molecule has 3 rings (SSSR count). The lowest BCUT2D eigenvalue weighted by atomic mass is 9.94. The SMILES string of the molecule is CC(C)(C)OC(=O)N1CCc2c(CNc3ccc(Cl)nn3)cccc2C1. The Kier molecular flexibility index (Phi) is 5.32. The fourth-order valence-corrected chi connectivity index (χ4v) is 3.03. The van der Waals surface area contributed by atoms with Gasteiger partial charge in [-0.3, -0.25) is 0 Å². The van der Waals surface area contributed by atoms with Crippen LogP contribution in [0, 0.1) is 0 Å². The summed E-state index contributed by atoms with van der Waals surface area (Å²) in [6.07, 6.45) is 0.543. The minimum absolute atomic E-state index is 0.261. The van der Waals surface area contributed by atoms with Gasteiger partial charge in [0.25, 0.3) is 0 Å². The highest BCUT2D eigenvalue weighted by molar-refractivity contribution is 6.29. The summed E-state index contributed by atoms with van der Waals surface area (Å²) in [6.45, 7) is 7.51. The predicted molar refractivity (Wildman–Crippen MR) is 101 cm³/mol. The summed E-state index contributed by atoms with van der Waals surface area (Å²) in [5.41, 5.74) is 3.15. The summed E-state index contributed by atoms with van der Waals surface area (Å²) in [6, 6.07) is 9.68. The van der Waals surface area contributed by atoms with Crippen molar-refractivity contribution in [3.05, 3.63) is 52.2 Å². The maximum absolute atomic E-state index is 12.3. The van der Waals surface area contributed by atoms with E-state index in [4.69, 9.17) is 16.3 Å².